The van der Waals surface area contributed by atoms with E-state index in [1.165, 1.54) is 4.57 Å². The lowest BCUT2D eigenvalue weighted by Gasteiger charge is -2.03. The summed E-state index contributed by atoms with van der Waals surface area (Å²) in [6.07, 6.45) is 5.36. The molecule has 0 atom stereocenters. The van der Waals surface area contributed by atoms with Gasteiger partial charge in [-0.25, -0.2) is 9.55 Å². The van der Waals surface area contributed by atoms with E-state index in [4.69, 9.17) is 4.11 Å². The van der Waals surface area contributed by atoms with E-state index >= 15 is 0 Å². The number of benzene rings is 1. The molecule has 1 aliphatic heterocycles. The molecule has 5 nitrogen and oxygen atoms in total. The van der Waals surface area contributed by atoms with Gasteiger partial charge in [-0.15, -0.1) is 0 Å². The highest BCUT2D eigenvalue weighted by atomic mass is 15.3. The van der Waals surface area contributed by atoms with Crippen molar-refractivity contribution in [3.63, 3.8) is 0 Å². The van der Waals surface area contributed by atoms with Crippen molar-refractivity contribution in [2.75, 3.05) is 0 Å². The van der Waals surface area contributed by atoms with Crippen molar-refractivity contribution in [1.29, 1.82) is 0 Å². The summed E-state index contributed by atoms with van der Waals surface area (Å²) in [6, 6.07) is 15.4. The average molecular weight is 341 g/mol. The summed E-state index contributed by atoms with van der Waals surface area (Å²) in [5, 5.41) is 0. The summed E-state index contributed by atoms with van der Waals surface area (Å²) in [6.45, 7) is -1.71. The Morgan fingerprint density at radius 1 is 1.08 bits per heavy atom. The average Bonchev–Trinajstić information content (AvgIpc) is 3.34. The highest BCUT2D eigenvalue weighted by Gasteiger charge is 2.38. The number of imidazole rings is 1. The van der Waals surface area contributed by atoms with Crippen molar-refractivity contribution in [2.45, 2.75) is 6.54 Å². The summed E-state index contributed by atoms with van der Waals surface area (Å²) < 4.78 is 30.4. The van der Waals surface area contributed by atoms with Gasteiger partial charge in [0.05, 0.1) is 11.1 Å². The van der Waals surface area contributed by atoms with E-state index in [1.54, 1.807) is 18.5 Å². The topological polar surface area (TPSA) is 39.5 Å². The molecule has 0 bridgehead atoms. The molecule has 5 heteroatoms. The molecule has 5 heterocycles. The minimum absolute atomic E-state index is 0.603. The summed E-state index contributed by atoms with van der Waals surface area (Å²) >= 11 is 0. The molecule has 0 N–H and O–H groups in total. The molecule has 26 heavy (non-hydrogen) atoms. The van der Waals surface area contributed by atoms with Crippen LogP contribution in [0.4, 0.5) is 0 Å². The third-order valence-electron chi connectivity index (χ3n) is 5.11. The van der Waals surface area contributed by atoms with Crippen LogP contribution in [0.5, 0.6) is 0 Å². The van der Waals surface area contributed by atoms with E-state index in [9.17, 15) is 0 Å². The highest BCUT2D eigenvalue weighted by molar-refractivity contribution is 6.01. The van der Waals surface area contributed by atoms with Gasteiger partial charge in [0.25, 0.3) is 11.5 Å². The third kappa shape index (κ3) is 1.57. The van der Waals surface area contributed by atoms with Crippen LogP contribution < -0.4 is 4.57 Å². The fraction of sp³-hybridized carbons (Fsp3) is 0.0952. The number of hydrogen-bond donors (Lipinski definition) is 0. The fourth-order valence-electron chi connectivity index (χ4n) is 4.05. The second kappa shape index (κ2) is 4.79. The Labute approximate surface area is 154 Å². The largest absolute Gasteiger partial charge is 0.306 e. The standard InChI is InChI=1S/C21H16N5/c1-24-17-8-5-10-23-18(17)19-21(24)26(15-6-3-2-4-7-15)20-16-9-11-22-12-14(16)13-25(19)20/h2-12H,13H2,1H3/q+1/i1D3. The number of aromatic nitrogens is 5. The number of hydrogen-bond acceptors (Lipinski definition) is 2. The van der Waals surface area contributed by atoms with E-state index < -0.39 is 6.98 Å². The Morgan fingerprint density at radius 2 is 2.00 bits per heavy atom. The van der Waals surface area contributed by atoms with Crippen molar-refractivity contribution < 1.29 is 8.68 Å². The van der Waals surface area contributed by atoms with Gasteiger partial charge in [0.15, 0.2) is 0 Å². The number of pyridine rings is 2. The quantitative estimate of drug-likeness (QED) is 0.431. The number of nitrogens with zero attached hydrogens (tertiary/aromatic N) is 5. The minimum atomic E-state index is -2.34. The van der Waals surface area contributed by atoms with Crippen LogP contribution in [0.2, 0.25) is 0 Å². The first-order valence-corrected chi connectivity index (χ1v) is 8.48. The lowest BCUT2D eigenvalue weighted by molar-refractivity contribution is -0.645. The first-order chi connectivity index (χ1) is 14.1. The van der Waals surface area contributed by atoms with E-state index in [0.29, 0.717) is 23.2 Å². The molecular formula is C21H16N5+. The number of fused-ring (bicyclic) bond motifs is 7. The smallest absolute Gasteiger partial charge is 0.297 e. The van der Waals surface area contributed by atoms with Crippen LogP contribution in [0, 0.1) is 0 Å². The van der Waals surface area contributed by atoms with Crippen LogP contribution in [0.15, 0.2) is 67.1 Å². The maximum absolute atomic E-state index is 8.25. The molecule has 6 rings (SSSR count). The molecule has 1 aromatic carbocycles. The van der Waals surface area contributed by atoms with Crippen LogP contribution in [-0.4, -0.2) is 19.1 Å². The molecule has 0 saturated carbocycles. The Bertz CT molecular complexity index is 1410. The molecule has 5 aromatic rings. The molecule has 1 aliphatic rings. The van der Waals surface area contributed by atoms with Crippen LogP contribution in [0.3, 0.4) is 0 Å². The predicted molar refractivity (Wildman–Crippen MR) is 100 cm³/mol. The molecule has 0 saturated heterocycles. The zero-order valence-corrected chi connectivity index (χ0v) is 13.8. The van der Waals surface area contributed by atoms with Crippen LogP contribution in [0.1, 0.15) is 9.68 Å². The van der Waals surface area contributed by atoms with Crippen LogP contribution in [0.25, 0.3) is 39.3 Å². The Morgan fingerprint density at radius 3 is 2.88 bits per heavy atom. The van der Waals surface area contributed by atoms with Gasteiger partial charge < -0.3 is 4.57 Å². The van der Waals surface area contributed by atoms with E-state index in [-0.39, 0.29) is 0 Å². The van der Waals surface area contributed by atoms with Gasteiger partial charge in [-0.05, 0) is 30.3 Å². The third-order valence-corrected chi connectivity index (χ3v) is 5.11. The number of para-hydroxylation sites is 1. The maximum atomic E-state index is 8.25. The zero-order chi connectivity index (χ0) is 19.8. The minimum Gasteiger partial charge on any atom is -0.306 e. The van der Waals surface area contributed by atoms with Gasteiger partial charge in [-0.1, -0.05) is 18.2 Å². The Hall–Kier alpha value is -3.47. The van der Waals surface area contributed by atoms with E-state index in [0.717, 1.165) is 28.2 Å². The van der Waals surface area contributed by atoms with Crippen molar-refractivity contribution >= 4 is 22.2 Å². The molecule has 0 fully saturated rings. The SMILES string of the molecule is [2H]C([2H])([2H])n1c2cccnc2c2c1n(-c1ccccc1)c1[n+]2Cc2cnccc2-1. The van der Waals surface area contributed by atoms with Crippen molar-refractivity contribution in [3.05, 3.63) is 72.7 Å². The maximum Gasteiger partial charge on any atom is 0.297 e. The first-order valence-electron chi connectivity index (χ1n) is 9.98. The van der Waals surface area contributed by atoms with Gasteiger partial charge in [0, 0.05) is 35.2 Å². The summed E-state index contributed by atoms with van der Waals surface area (Å²) in [4.78, 5) is 8.85. The monoisotopic (exact) mass is 341 g/mol. The second-order valence-electron chi connectivity index (χ2n) is 6.49. The molecule has 0 radical (unpaired) electrons. The van der Waals surface area contributed by atoms with E-state index in [2.05, 4.69) is 14.5 Å². The van der Waals surface area contributed by atoms with Crippen LogP contribution >= 0.6 is 0 Å². The van der Waals surface area contributed by atoms with Gasteiger partial charge in [0.1, 0.15) is 17.7 Å². The fourth-order valence-corrected chi connectivity index (χ4v) is 4.05. The van der Waals surface area contributed by atoms with E-state index in [1.807, 2.05) is 53.2 Å². The molecule has 4 aromatic heterocycles. The highest BCUT2D eigenvalue weighted by Crippen LogP contribution is 2.36. The number of rotatable bonds is 1. The molecule has 124 valence electrons. The lowest BCUT2D eigenvalue weighted by atomic mass is 10.1. The van der Waals surface area contributed by atoms with Crippen molar-refractivity contribution in [1.82, 2.24) is 19.1 Å². The Balaban J connectivity index is 1.89. The summed E-state index contributed by atoms with van der Waals surface area (Å²) in [5.74, 6) is 0.948. The zero-order valence-electron chi connectivity index (χ0n) is 16.8. The van der Waals surface area contributed by atoms with Gasteiger partial charge in [-0.3, -0.25) is 4.98 Å². The predicted octanol–water partition coefficient (Wildman–Crippen LogP) is 3.23. The second-order valence-corrected chi connectivity index (χ2v) is 6.49. The molecule has 0 spiro atoms. The van der Waals surface area contributed by atoms with Gasteiger partial charge in [0.2, 0.25) is 5.52 Å². The van der Waals surface area contributed by atoms with Gasteiger partial charge in [-0.2, -0.15) is 4.57 Å². The van der Waals surface area contributed by atoms with Gasteiger partial charge >= 0.3 is 0 Å². The molecule has 0 amide bonds. The first kappa shape index (κ1) is 11.2. The van der Waals surface area contributed by atoms with Crippen LogP contribution in [-0.2, 0) is 13.5 Å². The number of aryl methyl sites for hydroxylation is 1. The molecular weight excluding hydrogens is 322 g/mol. The van der Waals surface area contributed by atoms with Crippen molar-refractivity contribution in [2.24, 2.45) is 6.98 Å². The van der Waals surface area contributed by atoms with Crippen molar-refractivity contribution in [3.8, 4) is 17.1 Å². The lowest BCUT2D eigenvalue weighted by Crippen LogP contribution is -2.31. The molecule has 0 unspecified atom stereocenters. The Kier molecular flexibility index (Phi) is 2.06. The normalized spacial score (nSPS) is 14.8. The summed E-state index contributed by atoms with van der Waals surface area (Å²) in [5.41, 5.74) is 5.82. The molecule has 0 aliphatic carbocycles. The summed E-state index contributed by atoms with van der Waals surface area (Å²) in [7, 11) is 0.